The van der Waals surface area contributed by atoms with E-state index in [1.54, 1.807) is 6.07 Å². The lowest BCUT2D eigenvalue weighted by Gasteiger charge is -2.09. The van der Waals surface area contributed by atoms with Crippen LogP contribution in [0.2, 0.25) is 0 Å². The standard InChI is InChI=1S/C13H20O/c1-3-5-8-11-9-6-10-13(14)12(11)7-4-2/h6,9-10,14H,3-5,7-8H2,1-2H3. The first-order valence-electron chi connectivity index (χ1n) is 5.59. The van der Waals surface area contributed by atoms with Gasteiger partial charge >= 0.3 is 0 Å². The van der Waals surface area contributed by atoms with Crippen molar-refractivity contribution in [2.75, 3.05) is 0 Å². The monoisotopic (exact) mass is 192 g/mol. The molecule has 1 N–H and O–H groups in total. The molecule has 0 saturated heterocycles. The lowest BCUT2D eigenvalue weighted by atomic mass is 9.98. The number of aryl methyl sites for hydroxylation is 1. The largest absolute Gasteiger partial charge is 0.508 e. The van der Waals surface area contributed by atoms with Crippen molar-refractivity contribution in [1.29, 1.82) is 0 Å². The summed E-state index contributed by atoms with van der Waals surface area (Å²) in [6.45, 7) is 4.35. The molecule has 0 fully saturated rings. The molecule has 0 aliphatic rings. The highest BCUT2D eigenvalue weighted by Crippen LogP contribution is 2.23. The summed E-state index contributed by atoms with van der Waals surface area (Å²) >= 11 is 0. The average Bonchev–Trinajstić information content (AvgIpc) is 2.19. The van der Waals surface area contributed by atoms with Gasteiger partial charge in [0.1, 0.15) is 5.75 Å². The van der Waals surface area contributed by atoms with Crippen molar-refractivity contribution in [3.63, 3.8) is 0 Å². The van der Waals surface area contributed by atoms with E-state index in [1.807, 2.05) is 6.07 Å². The molecule has 0 bridgehead atoms. The number of benzene rings is 1. The number of phenols is 1. The molecule has 1 rings (SSSR count). The minimum absolute atomic E-state index is 0.473. The summed E-state index contributed by atoms with van der Waals surface area (Å²) in [6, 6.07) is 5.88. The second-order valence-electron chi connectivity index (χ2n) is 3.77. The summed E-state index contributed by atoms with van der Waals surface area (Å²) in [5, 5.41) is 9.72. The number of hydrogen-bond donors (Lipinski definition) is 1. The van der Waals surface area contributed by atoms with E-state index in [0.29, 0.717) is 5.75 Å². The van der Waals surface area contributed by atoms with Crippen molar-refractivity contribution >= 4 is 0 Å². The Labute approximate surface area is 86.8 Å². The van der Waals surface area contributed by atoms with Crippen LogP contribution in [0.15, 0.2) is 18.2 Å². The molecule has 0 saturated carbocycles. The number of hydrogen-bond acceptors (Lipinski definition) is 1. The van der Waals surface area contributed by atoms with Crippen LogP contribution in [0.4, 0.5) is 0 Å². The molecule has 0 amide bonds. The van der Waals surface area contributed by atoms with Crippen molar-refractivity contribution in [2.24, 2.45) is 0 Å². The minimum Gasteiger partial charge on any atom is -0.508 e. The fourth-order valence-electron chi connectivity index (χ4n) is 1.76. The van der Waals surface area contributed by atoms with E-state index in [1.165, 1.54) is 18.4 Å². The van der Waals surface area contributed by atoms with E-state index in [9.17, 15) is 5.11 Å². The average molecular weight is 192 g/mol. The second-order valence-corrected chi connectivity index (χ2v) is 3.77. The Morgan fingerprint density at radius 3 is 2.50 bits per heavy atom. The van der Waals surface area contributed by atoms with Crippen LogP contribution in [-0.2, 0) is 12.8 Å². The zero-order chi connectivity index (χ0) is 10.4. The number of phenolic OH excluding ortho intramolecular Hbond substituents is 1. The fraction of sp³-hybridized carbons (Fsp3) is 0.538. The Kier molecular flexibility index (Phi) is 4.51. The van der Waals surface area contributed by atoms with Crippen LogP contribution < -0.4 is 0 Å². The summed E-state index contributed by atoms with van der Waals surface area (Å²) in [4.78, 5) is 0. The van der Waals surface area contributed by atoms with Crippen molar-refractivity contribution < 1.29 is 5.11 Å². The highest BCUT2D eigenvalue weighted by atomic mass is 16.3. The topological polar surface area (TPSA) is 20.2 Å². The summed E-state index contributed by atoms with van der Waals surface area (Å²) in [5.41, 5.74) is 2.48. The van der Waals surface area contributed by atoms with Crippen molar-refractivity contribution in [3.8, 4) is 5.75 Å². The Hall–Kier alpha value is -0.980. The summed E-state index contributed by atoms with van der Waals surface area (Å²) in [5.74, 6) is 0.473. The van der Waals surface area contributed by atoms with Gasteiger partial charge in [0, 0.05) is 0 Å². The van der Waals surface area contributed by atoms with E-state index in [4.69, 9.17) is 0 Å². The molecular formula is C13H20O. The van der Waals surface area contributed by atoms with E-state index in [2.05, 4.69) is 19.9 Å². The number of unbranched alkanes of at least 4 members (excludes halogenated alkanes) is 1. The molecule has 1 aromatic carbocycles. The van der Waals surface area contributed by atoms with Crippen LogP contribution in [0.5, 0.6) is 5.75 Å². The zero-order valence-electron chi connectivity index (χ0n) is 9.21. The van der Waals surface area contributed by atoms with Crippen molar-refractivity contribution in [2.45, 2.75) is 46.0 Å². The zero-order valence-corrected chi connectivity index (χ0v) is 9.21. The molecule has 0 aliphatic heterocycles. The molecule has 14 heavy (non-hydrogen) atoms. The highest BCUT2D eigenvalue weighted by Gasteiger charge is 2.05. The lowest BCUT2D eigenvalue weighted by molar-refractivity contribution is 0.466. The third kappa shape index (κ3) is 2.76. The summed E-state index contributed by atoms with van der Waals surface area (Å²) in [7, 11) is 0. The predicted molar refractivity (Wildman–Crippen MR) is 60.7 cm³/mol. The minimum atomic E-state index is 0.473. The number of rotatable bonds is 5. The Morgan fingerprint density at radius 2 is 1.86 bits per heavy atom. The molecule has 0 heterocycles. The van der Waals surface area contributed by atoms with Crippen LogP contribution in [0, 0.1) is 0 Å². The molecule has 1 aromatic rings. The van der Waals surface area contributed by atoms with Gasteiger partial charge in [-0.3, -0.25) is 0 Å². The maximum Gasteiger partial charge on any atom is 0.119 e. The van der Waals surface area contributed by atoms with Crippen LogP contribution in [0.3, 0.4) is 0 Å². The van der Waals surface area contributed by atoms with Gasteiger partial charge in [-0.05, 0) is 36.5 Å². The molecule has 0 spiro atoms. The Bertz CT molecular complexity index is 279. The van der Waals surface area contributed by atoms with Crippen LogP contribution in [0.25, 0.3) is 0 Å². The molecule has 0 aliphatic carbocycles. The van der Waals surface area contributed by atoms with Crippen LogP contribution in [0.1, 0.15) is 44.2 Å². The van der Waals surface area contributed by atoms with Gasteiger partial charge in [-0.2, -0.15) is 0 Å². The maximum atomic E-state index is 9.72. The van der Waals surface area contributed by atoms with Gasteiger partial charge in [-0.1, -0.05) is 38.8 Å². The number of aromatic hydroxyl groups is 1. The van der Waals surface area contributed by atoms with E-state index in [0.717, 1.165) is 24.8 Å². The van der Waals surface area contributed by atoms with Gasteiger partial charge in [-0.15, -0.1) is 0 Å². The van der Waals surface area contributed by atoms with Crippen molar-refractivity contribution in [1.82, 2.24) is 0 Å². The molecule has 0 radical (unpaired) electrons. The lowest BCUT2D eigenvalue weighted by Crippen LogP contribution is -1.94. The molecule has 1 nitrogen and oxygen atoms in total. The normalized spacial score (nSPS) is 10.4. The maximum absolute atomic E-state index is 9.72. The fourth-order valence-corrected chi connectivity index (χ4v) is 1.76. The Balaban J connectivity index is 2.83. The summed E-state index contributed by atoms with van der Waals surface area (Å²) in [6.07, 6.45) is 5.60. The van der Waals surface area contributed by atoms with Crippen LogP contribution in [-0.4, -0.2) is 5.11 Å². The Morgan fingerprint density at radius 1 is 1.07 bits per heavy atom. The van der Waals surface area contributed by atoms with E-state index >= 15 is 0 Å². The van der Waals surface area contributed by atoms with Gasteiger partial charge < -0.3 is 5.11 Å². The first kappa shape index (κ1) is 11.1. The molecule has 0 aromatic heterocycles. The SMILES string of the molecule is CCCCc1cccc(O)c1CCC. The van der Waals surface area contributed by atoms with Gasteiger partial charge in [0.25, 0.3) is 0 Å². The highest BCUT2D eigenvalue weighted by molar-refractivity contribution is 5.39. The molecule has 78 valence electrons. The summed E-state index contributed by atoms with van der Waals surface area (Å²) < 4.78 is 0. The van der Waals surface area contributed by atoms with Gasteiger partial charge in [-0.25, -0.2) is 0 Å². The second kappa shape index (κ2) is 5.69. The van der Waals surface area contributed by atoms with Gasteiger partial charge in [0.15, 0.2) is 0 Å². The third-order valence-electron chi connectivity index (χ3n) is 2.55. The molecule has 1 heteroatoms. The molecular weight excluding hydrogens is 172 g/mol. The van der Waals surface area contributed by atoms with Crippen molar-refractivity contribution in [3.05, 3.63) is 29.3 Å². The molecule has 0 atom stereocenters. The van der Waals surface area contributed by atoms with E-state index in [-0.39, 0.29) is 0 Å². The van der Waals surface area contributed by atoms with Gasteiger partial charge in [0.2, 0.25) is 0 Å². The predicted octanol–water partition coefficient (Wildman–Crippen LogP) is 3.69. The smallest absolute Gasteiger partial charge is 0.119 e. The quantitative estimate of drug-likeness (QED) is 0.754. The first-order valence-corrected chi connectivity index (χ1v) is 5.59. The molecule has 0 unspecified atom stereocenters. The van der Waals surface area contributed by atoms with Gasteiger partial charge in [0.05, 0.1) is 0 Å². The van der Waals surface area contributed by atoms with E-state index < -0.39 is 0 Å². The first-order chi connectivity index (χ1) is 6.79. The third-order valence-corrected chi connectivity index (χ3v) is 2.55. The van der Waals surface area contributed by atoms with Crippen LogP contribution >= 0.6 is 0 Å².